The number of morpholine rings is 1. The van der Waals surface area contributed by atoms with Gasteiger partial charge in [-0.05, 0) is 35.9 Å². The van der Waals surface area contributed by atoms with Crippen LogP contribution in [0.25, 0.3) is 6.08 Å². The number of aromatic hydroxyl groups is 1. The molecule has 0 unspecified atom stereocenters. The second-order valence-electron chi connectivity index (χ2n) is 5.97. The summed E-state index contributed by atoms with van der Waals surface area (Å²) in [6.07, 6.45) is 2.59. The van der Waals surface area contributed by atoms with Gasteiger partial charge in [0.1, 0.15) is 5.82 Å². The average Bonchev–Trinajstić information content (AvgIpc) is 2.67. The Hall–Kier alpha value is -3.26. The van der Waals surface area contributed by atoms with Gasteiger partial charge in [-0.25, -0.2) is 4.39 Å². The van der Waals surface area contributed by atoms with Gasteiger partial charge in [0, 0.05) is 24.7 Å². The molecular weight excluding hydrogens is 355 g/mol. The summed E-state index contributed by atoms with van der Waals surface area (Å²) in [6, 6.07) is 8.05. The number of phenols is 1. The van der Waals surface area contributed by atoms with Gasteiger partial charge < -0.3 is 14.7 Å². The summed E-state index contributed by atoms with van der Waals surface area (Å²) in [7, 11) is 0. The van der Waals surface area contributed by atoms with Crippen LogP contribution in [0.2, 0.25) is 0 Å². The maximum atomic E-state index is 14.4. The first-order valence-electron chi connectivity index (χ1n) is 8.28. The molecule has 1 aliphatic heterocycles. The molecular formula is C19H17FN2O5. The third-order valence-corrected chi connectivity index (χ3v) is 4.21. The van der Waals surface area contributed by atoms with E-state index < -0.39 is 28.0 Å². The second kappa shape index (κ2) is 7.96. The summed E-state index contributed by atoms with van der Waals surface area (Å²) in [5.41, 5.74) is 0.519. The molecule has 3 rings (SSSR count). The predicted molar refractivity (Wildman–Crippen MR) is 97.6 cm³/mol. The molecule has 1 aliphatic rings. The number of benzene rings is 2. The zero-order valence-corrected chi connectivity index (χ0v) is 14.3. The molecule has 27 heavy (non-hydrogen) atoms. The summed E-state index contributed by atoms with van der Waals surface area (Å²) in [5.74, 6) is -1.38. The lowest BCUT2D eigenvalue weighted by molar-refractivity contribution is -0.385. The molecule has 0 amide bonds. The minimum Gasteiger partial charge on any atom is -0.502 e. The SMILES string of the molecule is O=C(/C=C/c1ccc(O)c([N+](=O)[O-])c1)c1ccc(N2CCOCC2)c(F)c1. The van der Waals surface area contributed by atoms with Gasteiger partial charge in [0.15, 0.2) is 11.5 Å². The molecule has 0 bridgehead atoms. The quantitative estimate of drug-likeness (QED) is 0.375. The highest BCUT2D eigenvalue weighted by Gasteiger charge is 2.16. The number of ketones is 1. The molecule has 140 valence electrons. The Morgan fingerprint density at radius 2 is 1.96 bits per heavy atom. The van der Waals surface area contributed by atoms with Crippen LogP contribution in [0.3, 0.4) is 0 Å². The van der Waals surface area contributed by atoms with Gasteiger partial charge in [-0.15, -0.1) is 0 Å². The zero-order valence-electron chi connectivity index (χ0n) is 14.3. The molecule has 0 spiro atoms. The van der Waals surface area contributed by atoms with E-state index in [4.69, 9.17) is 4.74 Å². The molecule has 2 aromatic carbocycles. The van der Waals surface area contributed by atoms with Crippen molar-refractivity contribution in [2.75, 3.05) is 31.2 Å². The van der Waals surface area contributed by atoms with Gasteiger partial charge >= 0.3 is 5.69 Å². The van der Waals surface area contributed by atoms with Gasteiger partial charge in [0.25, 0.3) is 0 Å². The number of halogens is 1. The number of hydrogen-bond donors (Lipinski definition) is 1. The van der Waals surface area contributed by atoms with Crippen molar-refractivity contribution in [1.82, 2.24) is 0 Å². The Labute approximate surface area is 154 Å². The van der Waals surface area contributed by atoms with Crippen LogP contribution in [-0.2, 0) is 4.74 Å². The van der Waals surface area contributed by atoms with Crippen LogP contribution in [0.4, 0.5) is 15.8 Å². The highest BCUT2D eigenvalue weighted by Crippen LogP contribution is 2.27. The van der Waals surface area contributed by atoms with Gasteiger partial charge in [-0.2, -0.15) is 0 Å². The van der Waals surface area contributed by atoms with Crippen LogP contribution in [-0.4, -0.2) is 42.1 Å². The maximum absolute atomic E-state index is 14.4. The Balaban J connectivity index is 1.76. The molecule has 1 heterocycles. The fourth-order valence-electron chi connectivity index (χ4n) is 2.78. The number of carbonyl (C=O) groups excluding carboxylic acids is 1. The van der Waals surface area contributed by atoms with Crippen molar-refractivity contribution in [2.45, 2.75) is 0 Å². The Morgan fingerprint density at radius 1 is 1.22 bits per heavy atom. The zero-order chi connectivity index (χ0) is 19.4. The summed E-state index contributed by atoms with van der Waals surface area (Å²) >= 11 is 0. The molecule has 0 radical (unpaired) electrons. The number of nitro groups is 1. The van der Waals surface area contributed by atoms with Gasteiger partial charge in [0.05, 0.1) is 23.8 Å². The lowest BCUT2D eigenvalue weighted by atomic mass is 10.1. The largest absolute Gasteiger partial charge is 0.502 e. The van der Waals surface area contributed by atoms with E-state index in [1.54, 1.807) is 12.1 Å². The minimum atomic E-state index is -0.714. The van der Waals surface area contributed by atoms with E-state index in [0.29, 0.717) is 37.6 Å². The molecule has 0 aliphatic carbocycles. The number of carbonyl (C=O) groups is 1. The lowest BCUT2D eigenvalue weighted by Crippen LogP contribution is -2.36. The van der Waals surface area contributed by atoms with Crippen LogP contribution >= 0.6 is 0 Å². The van der Waals surface area contributed by atoms with Crippen molar-refractivity contribution in [3.8, 4) is 5.75 Å². The van der Waals surface area contributed by atoms with Crippen LogP contribution in [0, 0.1) is 15.9 Å². The van der Waals surface area contributed by atoms with Gasteiger partial charge in [-0.3, -0.25) is 14.9 Å². The molecule has 2 aromatic rings. The third kappa shape index (κ3) is 4.29. The van der Waals surface area contributed by atoms with E-state index in [1.165, 1.54) is 30.4 Å². The average molecular weight is 372 g/mol. The molecule has 0 atom stereocenters. The normalized spacial score (nSPS) is 14.5. The van der Waals surface area contributed by atoms with E-state index in [-0.39, 0.29) is 5.56 Å². The number of allylic oxidation sites excluding steroid dienone is 1. The molecule has 8 heteroatoms. The van der Waals surface area contributed by atoms with Crippen molar-refractivity contribution in [3.63, 3.8) is 0 Å². The van der Waals surface area contributed by atoms with Crippen LogP contribution in [0.15, 0.2) is 42.5 Å². The summed E-state index contributed by atoms with van der Waals surface area (Å²) in [4.78, 5) is 24.3. The van der Waals surface area contributed by atoms with Gasteiger partial charge in [0.2, 0.25) is 0 Å². The van der Waals surface area contributed by atoms with E-state index in [1.807, 2.05) is 4.90 Å². The van der Waals surface area contributed by atoms with Crippen LogP contribution in [0.1, 0.15) is 15.9 Å². The van der Waals surface area contributed by atoms with Crippen LogP contribution in [0.5, 0.6) is 5.75 Å². The van der Waals surface area contributed by atoms with Gasteiger partial charge in [-0.1, -0.05) is 12.1 Å². The fraction of sp³-hybridized carbons (Fsp3) is 0.211. The van der Waals surface area contributed by atoms with E-state index in [2.05, 4.69) is 0 Å². The second-order valence-corrected chi connectivity index (χ2v) is 5.97. The molecule has 7 nitrogen and oxygen atoms in total. The molecule has 0 saturated carbocycles. The number of anilines is 1. The van der Waals surface area contributed by atoms with Crippen molar-refractivity contribution in [2.24, 2.45) is 0 Å². The highest BCUT2D eigenvalue weighted by molar-refractivity contribution is 6.07. The monoisotopic (exact) mass is 372 g/mol. The van der Waals surface area contributed by atoms with Crippen molar-refractivity contribution in [3.05, 3.63) is 69.5 Å². The predicted octanol–water partition coefficient (Wildman–Crippen LogP) is 3.17. The first-order valence-corrected chi connectivity index (χ1v) is 8.28. The molecule has 1 N–H and O–H groups in total. The van der Waals surface area contributed by atoms with Crippen molar-refractivity contribution < 1.29 is 24.0 Å². The summed E-state index contributed by atoms with van der Waals surface area (Å²) in [6.45, 7) is 2.23. The van der Waals surface area contributed by atoms with Crippen LogP contribution < -0.4 is 4.90 Å². The van der Waals surface area contributed by atoms with E-state index >= 15 is 0 Å². The number of nitro benzene ring substituents is 1. The van der Waals surface area contributed by atoms with E-state index in [9.17, 15) is 24.4 Å². The molecule has 1 fully saturated rings. The lowest BCUT2D eigenvalue weighted by Gasteiger charge is -2.29. The first kappa shape index (κ1) is 18.5. The number of rotatable bonds is 5. The summed E-state index contributed by atoms with van der Waals surface area (Å²) in [5, 5.41) is 20.3. The third-order valence-electron chi connectivity index (χ3n) is 4.21. The molecule has 0 aromatic heterocycles. The number of ether oxygens (including phenoxy) is 1. The highest BCUT2D eigenvalue weighted by atomic mass is 19.1. The smallest absolute Gasteiger partial charge is 0.311 e. The summed E-state index contributed by atoms with van der Waals surface area (Å²) < 4.78 is 19.6. The Morgan fingerprint density at radius 3 is 2.63 bits per heavy atom. The number of phenolic OH excluding ortho intramolecular Hbond substituents is 1. The Kier molecular flexibility index (Phi) is 5.46. The Bertz CT molecular complexity index is 907. The van der Waals surface area contributed by atoms with Crippen molar-refractivity contribution >= 4 is 23.2 Å². The topological polar surface area (TPSA) is 92.9 Å². The standard InChI is InChI=1S/C19H17FN2O5/c20-15-12-14(3-4-16(15)21-7-9-27-10-8-21)18(23)5-1-13-2-6-19(24)17(11-13)22(25)26/h1-6,11-12,24H,7-10H2/b5-1+. The molecule has 1 saturated heterocycles. The minimum absolute atomic E-state index is 0.175. The van der Waals surface area contributed by atoms with E-state index in [0.717, 1.165) is 6.07 Å². The number of hydrogen-bond acceptors (Lipinski definition) is 6. The first-order chi connectivity index (χ1) is 13.0. The fourth-order valence-corrected chi connectivity index (χ4v) is 2.78. The maximum Gasteiger partial charge on any atom is 0.311 e. The van der Waals surface area contributed by atoms with Crippen molar-refractivity contribution in [1.29, 1.82) is 0 Å². The number of nitrogens with zero attached hydrogens (tertiary/aromatic N) is 2.